The molecule has 2 amide bonds. The molecule has 1 saturated heterocycles. The number of morpholine rings is 1. The predicted molar refractivity (Wildman–Crippen MR) is 76.7 cm³/mol. The summed E-state index contributed by atoms with van der Waals surface area (Å²) in [6.45, 7) is 4.67. The molecule has 1 aromatic carbocycles. The first-order valence-electron chi connectivity index (χ1n) is 7.25. The van der Waals surface area contributed by atoms with Gasteiger partial charge in [-0.1, -0.05) is 12.1 Å². The van der Waals surface area contributed by atoms with Crippen LogP contribution in [0.2, 0.25) is 0 Å². The van der Waals surface area contributed by atoms with Crippen LogP contribution in [0.15, 0.2) is 24.3 Å². The van der Waals surface area contributed by atoms with Gasteiger partial charge in [-0.2, -0.15) is 0 Å². The molecule has 1 fully saturated rings. The maximum absolute atomic E-state index is 12.1. The second kappa shape index (κ2) is 6.22. The molecule has 3 rings (SSSR count). The van der Waals surface area contributed by atoms with E-state index in [0.29, 0.717) is 32.8 Å². The van der Waals surface area contributed by atoms with Crippen LogP contribution >= 0.6 is 0 Å². The van der Waals surface area contributed by atoms with E-state index < -0.39 is 0 Å². The van der Waals surface area contributed by atoms with Gasteiger partial charge in [0.15, 0.2) is 17.6 Å². The van der Waals surface area contributed by atoms with Crippen LogP contribution in [0.3, 0.4) is 0 Å². The molecule has 1 aromatic rings. The molecular formula is C15H20N2O4. The molecular weight excluding hydrogens is 272 g/mol. The van der Waals surface area contributed by atoms with E-state index in [0.717, 1.165) is 11.5 Å². The van der Waals surface area contributed by atoms with E-state index in [1.807, 2.05) is 31.2 Å². The Labute approximate surface area is 124 Å². The molecule has 1 N–H and O–H groups in total. The Bertz CT molecular complexity index is 508. The number of nitrogens with one attached hydrogen (secondary N) is 1. The second-order valence-corrected chi connectivity index (χ2v) is 5.31. The molecule has 2 atom stereocenters. The highest BCUT2D eigenvalue weighted by molar-refractivity contribution is 5.74. The molecule has 0 aliphatic carbocycles. The van der Waals surface area contributed by atoms with Crippen LogP contribution in [0.25, 0.3) is 0 Å². The minimum absolute atomic E-state index is 0.0763. The van der Waals surface area contributed by atoms with Crippen molar-refractivity contribution in [3.8, 4) is 11.5 Å². The van der Waals surface area contributed by atoms with Gasteiger partial charge in [-0.3, -0.25) is 0 Å². The first-order valence-corrected chi connectivity index (χ1v) is 7.25. The van der Waals surface area contributed by atoms with E-state index in [1.54, 1.807) is 4.90 Å². The summed E-state index contributed by atoms with van der Waals surface area (Å²) in [4.78, 5) is 13.9. The van der Waals surface area contributed by atoms with Gasteiger partial charge < -0.3 is 24.4 Å². The van der Waals surface area contributed by atoms with Crippen molar-refractivity contribution in [3.05, 3.63) is 24.3 Å². The number of ether oxygens (including phenoxy) is 3. The van der Waals surface area contributed by atoms with Crippen LogP contribution in [0.4, 0.5) is 4.79 Å². The average Bonchev–Trinajstić information content (AvgIpc) is 2.52. The zero-order valence-electron chi connectivity index (χ0n) is 12.1. The van der Waals surface area contributed by atoms with Crippen LogP contribution in [0.5, 0.6) is 11.5 Å². The van der Waals surface area contributed by atoms with Gasteiger partial charge in [0.2, 0.25) is 0 Å². The number of benzene rings is 1. The highest BCUT2D eigenvalue weighted by atomic mass is 16.6. The van der Waals surface area contributed by atoms with Crippen molar-refractivity contribution in [2.24, 2.45) is 0 Å². The van der Waals surface area contributed by atoms with Crippen LogP contribution in [0, 0.1) is 0 Å². The summed E-state index contributed by atoms with van der Waals surface area (Å²) in [7, 11) is 0. The fourth-order valence-corrected chi connectivity index (χ4v) is 2.48. The predicted octanol–water partition coefficient (Wildman–Crippen LogP) is 1.26. The van der Waals surface area contributed by atoms with Crippen LogP contribution < -0.4 is 14.8 Å². The van der Waals surface area contributed by atoms with Crippen molar-refractivity contribution in [1.29, 1.82) is 0 Å². The number of fused-ring (bicyclic) bond motifs is 1. The van der Waals surface area contributed by atoms with Gasteiger partial charge >= 0.3 is 6.03 Å². The molecule has 21 heavy (non-hydrogen) atoms. The van der Waals surface area contributed by atoms with E-state index in [-0.39, 0.29) is 18.2 Å². The number of hydrogen-bond donors (Lipinski definition) is 1. The fourth-order valence-electron chi connectivity index (χ4n) is 2.48. The van der Waals surface area contributed by atoms with Gasteiger partial charge in [0.25, 0.3) is 0 Å². The Morgan fingerprint density at radius 1 is 1.38 bits per heavy atom. The Morgan fingerprint density at radius 3 is 3.00 bits per heavy atom. The van der Waals surface area contributed by atoms with Crippen molar-refractivity contribution in [2.75, 3.05) is 32.8 Å². The third kappa shape index (κ3) is 3.39. The van der Waals surface area contributed by atoms with Gasteiger partial charge in [0.1, 0.15) is 6.61 Å². The van der Waals surface area contributed by atoms with E-state index in [9.17, 15) is 4.79 Å². The molecule has 0 bridgehead atoms. The Hall–Kier alpha value is -1.95. The first kappa shape index (κ1) is 14.0. The van der Waals surface area contributed by atoms with Gasteiger partial charge in [-0.25, -0.2) is 4.79 Å². The summed E-state index contributed by atoms with van der Waals surface area (Å²) in [6, 6.07) is 7.47. The lowest BCUT2D eigenvalue weighted by molar-refractivity contribution is -0.00409. The summed E-state index contributed by atoms with van der Waals surface area (Å²) in [5.41, 5.74) is 0. The van der Waals surface area contributed by atoms with Crippen molar-refractivity contribution < 1.29 is 19.0 Å². The molecule has 0 aromatic heterocycles. The van der Waals surface area contributed by atoms with Crippen LogP contribution in [0.1, 0.15) is 6.92 Å². The zero-order chi connectivity index (χ0) is 14.7. The standard InChI is InChI=1S/C15H20N2O4/c1-11-9-17(6-7-19-11)15(18)16-8-12-10-20-13-4-2-3-5-14(13)21-12/h2-5,11-12H,6-10H2,1H3,(H,16,18)/t11-,12+/m1/s1. The maximum atomic E-state index is 12.1. The van der Waals surface area contributed by atoms with Crippen molar-refractivity contribution in [2.45, 2.75) is 19.1 Å². The van der Waals surface area contributed by atoms with Gasteiger partial charge in [0.05, 0.1) is 19.3 Å². The fraction of sp³-hybridized carbons (Fsp3) is 0.533. The van der Waals surface area contributed by atoms with E-state index in [2.05, 4.69) is 5.32 Å². The summed E-state index contributed by atoms with van der Waals surface area (Å²) in [5, 5.41) is 2.90. The quantitative estimate of drug-likeness (QED) is 0.891. The smallest absolute Gasteiger partial charge is 0.317 e. The maximum Gasteiger partial charge on any atom is 0.317 e. The number of amides is 2. The van der Waals surface area contributed by atoms with Gasteiger partial charge in [-0.05, 0) is 19.1 Å². The number of carbonyl (C=O) groups excluding carboxylic acids is 1. The molecule has 0 saturated carbocycles. The number of hydrogen-bond acceptors (Lipinski definition) is 4. The van der Waals surface area contributed by atoms with Crippen molar-refractivity contribution in [1.82, 2.24) is 10.2 Å². The average molecular weight is 292 g/mol. The molecule has 0 radical (unpaired) electrons. The van der Waals surface area contributed by atoms with Gasteiger partial charge in [-0.15, -0.1) is 0 Å². The lowest BCUT2D eigenvalue weighted by Crippen LogP contribution is -2.51. The Balaban J connectivity index is 1.49. The van der Waals surface area contributed by atoms with E-state index in [1.165, 1.54) is 0 Å². The molecule has 6 nitrogen and oxygen atoms in total. The highest BCUT2D eigenvalue weighted by Gasteiger charge is 2.24. The minimum Gasteiger partial charge on any atom is -0.486 e. The lowest BCUT2D eigenvalue weighted by Gasteiger charge is -2.32. The van der Waals surface area contributed by atoms with Crippen LogP contribution in [-0.4, -0.2) is 56.0 Å². The minimum atomic E-state index is -0.165. The molecule has 0 spiro atoms. The SMILES string of the molecule is C[C@@H]1CN(C(=O)NC[C@H]2COc3ccccc3O2)CCO1. The van der Waals surface area contributed by atoms with Crippen LogP contribution in [-0.2, 0) is 4.74 Å². The molecule has 2 aliphatic rings. The molecule has 0 unspecified atom stereocenters. The van der Waals surface area contributed by atoms with E-state index >= 15 is 0 Å². The summed E-state index contributed by atoms with van der Waals surface area (Å²) < 4.78 is 16.9. The molecule has 2 aliphatic heterocycles. The Kier molecular flexibility index (Phi) is 4.15. The first-order chi connectivity index (χ1) is 10.2. The number of urea groups is 1. The summed E-state index contributed by atoms with van der Waals surface area (Å²) >= 11 is 0. The van der Waals surface area contributed by atoms with Gasteiger partial charge in [0, 0.05) is 13.1 Å². The highest BCUT2D eigenvalue weighted by Crippen LogP contribution is 2.30. The third-order valence-corrected chi connectivity index (χ3v) is 3.58. The second-order valence-electron chi connectivity index (χ2n) is 5.31. The van der Waals surface area contributed by atoms with Crippen molar-refractivity contribution in [3.63, 3.8) is 0 Å². The summed E-state index contributed by atoms with van der Waals surface area (Å²) in [6.07, 6.45) is -0.0760. The monoisotopic (exact) mass is 292 g/mol. The normalized spacial score (nSPS) is 24.5. The number of nitrogens with zero attached hydrogens (tertiary/aromatic N) is 1. The number of para-hydroxylation sites is 2. The molecule has 114 valence electrons. The Morgan fingerprint density at radius 2 is 2.19 bits per heavy atom. The largest absolute Gasteiger partial charge is 0.486 e. The molecule has 6 heteroatoms. The lowest BCUT2D eigenvalue weighted by atomic mass is 10.2. The number of rotatable bonds is 2. The zero-order valence-corrected chi connectivity index (χ0v) is 12.1. The third-order valence-electron chi connectivity index (χ3n) is 3.58. The number of carbonyl (C=O) groups is 1. The summed E-state index contributed by atoms with van der Waals surface area (Å²) in [5.74, 6) is 1.48. The van der Waals surface area contributed by atoms with Crippen molar-refractivity contribution >= 4 is 6.03 Å². The topological polar surface area (TPSA) is 60.0 Å². The van der Waals surface area contributed by atoms with E-state index in [4.69, 9.17) is 14.2 Å². The molecule has 2 heterocycles.